The minimum absolute atomic E-state index is 0.0848. The van der Waals surface area contributed by atoms with Gasteiger partial charge in [0.15, 0.2) is 11.5 Å². The number of hydrogen-bond acceptors (Lipinski definition) is 5. The number of likely N-dealkylation sites (tertiary alicyclic amines) is 1. The highest BCUT2D eigenvalue weighted by molar-refractivity contribution is 6.04. The number of ether oxygens (including phenoxy) is 2. The Hall–Kier alpha value is -3.84. The van der Waals surface area contributed by atoms with Gasteiger partial charge >= 0.3 is 0 Å². The van der Waals surface area contributed by atoms with Crippen LogP contribution >= 0.6 is 0 Å². The summed E-state index contributed by atoms with van der Waals surface area (Å²) < 4.78 is 10.6. The molecule has 3 aromatic rings. The number of carbonyl (C=O) groups is 2. The van der Waals surface area contributed by atoms with Gasteiger partial charge in [-0.25, -0.2) is 0 Å². The fourth-order valence-electron chi connectivity index (χ4n) is 5.89. The number of nitrogens with zero attached hydrogens (tertiary/aromatic N) is 2. The first-order valence-corrected chi connectivity index (χ1v) is 16.6. The zero-order valence-corrected chi connectivity index (χ0v) is 27.8. The standard InChI is InChI=1S/C38H51N3O4/c1-6-7-8-9-29-10-14-31(15-11-29)38(43)41(34-21-24-40(25-22-34)23-20-28(2)3)27-30-12-17-33(18-13-30)39-37(42)32-16-19-35(44-4)36(26-32)45-5/h10-19,26,28,34H,6-9,20-25,27H2,1-5H3,(H,39,42). The van der Waals surface area contributed by atoms with Crippen LogP contribution in [0.1, 0.15) is 91.1 Å². The molecule has 0 saturated carbocycles. The first-order chi connectivity index (χ1) is 21.8. The van der Waals surface area contributed by atoms with Gasteiger partial charge in [0.25, 0.3) is 11.8 Å². The van der Waals surface area contributed by atoms with Crippen molar-refractivity contribution in [3.8, 4) is 11.5 Å². The van der Waals surface area contributed by atoms with Crippen molar-refractivity contribution in [2.45, 2.75) is 78.3 Å². The number of methoxy groups -OCH3 is 2. The summed E-state index contributed by atoms with van der Waals surface area (Å²) in [5.41, 5.74) is 4.23. The molecule has 0 atom stereocenters. The average molecular weight is 614 g/mol. The number of unbranched alkanes of at least 4 members (excludes halogenated alkanes) is 2. The van der Waals surface area contributed by atoms with Gasteiger partial charge in [-0.2, -0.15) is 0 Å². The fourth-order valence-corrected chi connectivity index (χ4v) is 5.89. The Morgan fingerprint density at radius 2 is 1.51 bits per heavy atom. The Balaban J connectivity index is 1.46. The second-order valence-electron chi connectivity index (χ2n) is 12.6. The zero-order chi connectivity index (χ0) is 32.2. The lowest BCUT2D eigenvalue weighted by molar-refractivity contribution is 0.0546. The first-order valence-electron chi connectivity index (χ1n) is 16.6. The largest absolute Gasteiger partial charge is 0.493 e. The lowest BCUT2D eigenvalue weighted by Crippen LogP contribution is -2.47. The van der Waals surface area contributed by atoms with E-state index in [1.807, 2.05) is 36.4 Å². The van der Waals surface area contributed by atoms with E-state index < -0.39 is 0 Å². The quantitative estimate of drug-likeness (QED) is 0.177. The summed E-state index contributed by atoms with van der Waals surface area (Å²) in [5, 5.41) is 2.97. The number of aryl methyl sites for hydroxylation is 1. The second-order valence-corrected chi connectivity index (χ2v) is 12.6. The molecule has 1 aliphatic rings. The maximum atomic E-state index is 14.0. The number of anilines is 1. The monoisotopic (exact) mass is 613 g/mol. The van der Waals surface area contributed by atoms with E-state index in [-0.39, 0.29) is 17.9 Å². The van der Waals surface area contributed by atoms with E-state index in [1.54, 1.807) is 32.4 Å². The zero-order valence-electron chi connectivity index (χ0n) is 27.8. The maximum Gasteiger partial charge on any atom is 0.255 e. The molecule has 0 aliphatic carbocycles. The van der Waals surface area contributed by atoms with Crippen molar-refractivity contribution in [1.82, 2.24) is 9.80 Å². The summed E-state index contributed by atoms with van der Waals surface area (Å²) in [6.07, 6.45) is 7.80. The number of hydrogen-bond donors (Lipinski definition) is 1. The van der Waals surface area contributed by atoms with Gasteiger partial charge in [0, 0.05) is 42.5 Å². The molecule has 7 heteroatoms. The molecule has 1 aliphatic heterocycles. The molecule has 1 N–H and O–H groups in total. The molecule has 7 nitrogen and oxygen atoms in total. The van der Waals surface area contributed by atoms with Gasteiger partial charge in [0.2, 0.25) is 0 Å². The molecule has 0 spiro atoms. The molecule has 0 aromatic heterocycles. The van der Waals surface area contributed by atoms with Crippen LogP contribution in [0, 0.1) is 5.92 Å². The van der Waals surface area contributed by atoms with Crippen LogP contribution in [0.5, 0.6) is 11.5 Å². The third-order valence-corrected chi connectivity index (χ3v) is 8.76. The molecule has 1 heterocycles. The molecular formula is C38H51N3O4. The van der Waals surface area contributed by atoms with Crippen molar-refractivity contribution in [2.24, 2.45) is 5.92 Å². The molecule has 45 heavy (non-hydrogen) atoms. The van der Waals surface area contributed by atoms with Crippen LogP contribution in [-0.2, 0) is 13.0 Å². The predicted octanol–water partition coefficient (Wildman–Crippen LogP) is 7.84. The Kier molecular flexibility index (Phi) is 12.9. The first kappa shape index (κ1) is 34.0. The van der Waals surface area contributed by atoms with Crippen LogP contribution in [0.4, 0.5) is 5.69 Å². The van der Waals surface area contributed by atoms with Crippen molar-refractivity contribution in [3.05, 3.63) is 89.0 Å². The Bertz CT molecular complexity index is 1360. The minimum Gasteiger partial charge on any atom is -0.493 e. The van der Waals surface area contributed by atoms with Crippen LogP contribution in [-0.4, -0.2) is 61.5 Å². The second kappa shape index (κ2) is 17.0. The summed E-state index contributed by atoms with van der Waals surface area (Å²) >= 11 is 0. The maximum absolute atomic E-state index is 14.0. The van der Waals surface area contributed by atoms with Crippen molar-refractivity contribution in [3.63, 3.8) is 0 Å². The third-order valence-electron chi connectivity index (χ3n) is 8.76. The Labute approximate surface area is 269 Å². The minimum atomic E-state index is -0.233. The van der Waals surface area contributed by atoms with Gasteiger partial charge in [-0.15, -0.1) is 0 Å². The average Bonchev–Trinajstić information content (AvgIpc) is 3.07. The van der Waals surface area contributed by atoms with E-state index in [2.05, 4.69) is 48.0 Å². The molecule has 0 bridgehead atoms. The highest BCUT2D eigenvalue weighted by Crippen LogP contribution is 2.28. The van der Waals surface area contributed by atoms with Gasteiger partial charge in [-0.05, 0) is 98.2 Å². The molecule has 242 valence electrons. The number of amides is 2. The molecule has 1 saturated heterocycles. The highest BCUT2D eigenvalue weighted by Gasteiger charge is 2.29. The van der Waals surface area contributed by atoms with E-state index in [0.29, 0.717) is 35.2 Å². The predicted molar refractivity (Wildman–Crippen MR) is 182 cm³/mol. The molecule has 1 fully saturated rings. The number of carbonyl (C=O) groups excluding carboxylic acids is 2. The van der Waals surface area contributed by atoms with Gasteiger partial charge in [-0.1, -0.05) is 57.9 Å². The fraction of sp³-hybridized carbons (Fsp3) is 0.474. The summed E-state index contributed by atoms with van der Waals surface area (Å²) in [4.78, 5) is 31.6. The van der Waals surface area contributed by atoms with Crippen LogP contribution in [0.2, 0.25) is 0 Å². The topological polar surface area (TPSA) is 71.1 Å². The van der Waals surface area contributed by atoms with Crippen molar-refractivity contribution in [2.75, 3.05) is 39.2 Å². The Morgan fingerprint density at radius 1 is 0.867 bits per heavy atom. The van der Waals surface area contributed by atoms with E-state index in [1.165, 1.54) is 31.2 Å². The summed E-state index contributed by atoms with van der Waals surface area (Å²) in [5.74, 6) is 1.62. The number of rotatable bonds is 15. The van der Waals surface area contributed by atoms with E-state index in [9.17, 15) is 9.59 Å². The smallest absolute Gasteiger partial charge is 0.255 e. The number of piperidine rings is 1. The molecule has 0 radical (unpaired) electrons. The third kappa shape index (κ3) is 9.82. The molecule has 4 rings (SSSR count). The van der Waals surface area contributed by atoms with E-state index >= 15 is 0 Å². The number of nitrogens with one attached hydrogen (secondary N) is 1. The Morgan fingerprint density at radius 3 is 2.13 bits per heavy atom. The van der Waals surface area contributed by atoms with Crippen molar-refractivity contribution in [1.29, 1.82) is 0 Å². The highest BCUT2D eigenvalue weighted by atomic mass is 16.5. The van der Waals surface area contributed by atoms with Crippen LogP contribution in [0.25, 0.3) is 0 Å². The van der Waals surface area contributed by atoms with Gasteiger partial charge in [-0.3, -0.25) is 9.59 Å². The lowest BCUT2D eigenvalue weighted by Gasteiger charge is -2.39. The normalized spacial score (nSPS) is 13.9. The van der Waals surface area contributed by atoms with Crippen molar-refractivity contribution >= 4 is 17.5 Å². The summed E-state index contributed by atoms with van der Waals surface area (Å²) in [6.45, 7) is 10.4. The van der Waals surface area contributed by atoms with Gasteiger partial charge in [0.1, 0.15) is 0 Å². The number of benzene rings is 3. The van der Waals surface area contributed by atoms with Crippen molar-refractivity contribution < 1.29 is 19.1 Å². The summed E-state index contributed by atoms with van der Waals surface area (Å²) in [6, 6.07) is 21.3. The van der Waals surface area contributed by atoms with E-state index in [4.69, 9.17) is 9.47 Å². The van der Waals surface area contributed by atoms with Gasteiger partial charge in [0.05, 0.1) is 14.2 Å². The molecule has 3 aromatic carbocycles. The SMILES string of the molecule is CCCCCc1ccc(C(=O)N(Cc2ccc(NC(=O)c3ccc(OC)c(OC)c3)cc2)C2CCN(CCC(C)C)CC2)cc1. The molecular weight excluding hydrogens is 562 g/mol. The van der Waals surface area contributed by atoms with E-state index in [0.717, 1.165) is 50.0 Å². The summed E-state index contributed by atoms with van der Waals surface area (Å²) in [7, 11) is 3.11. The van der Waals surface area contributed by atoms with Crippen LogP contribution in [0.3, 0.4) is 0 Å². The van der Waals surface area contributed by atoms with Crippen LogP contribution in [0.15, 0.2) is 66.7 Å². The lowest BCUT2D eigenvalue weighted by atomic mass is 9.99. The molecule has 2 amide bonds. The van der Waals surface area contributed by atoms with Gasteiger partial charge < -0.3 is 24.6 Å². The van der Waals surface area contributed by atoms with Crippen LogP contribution < -0.4 is 14.8 Å². The molecule has 0 unspecified atom stereocenters.